The second kappa shape index (κ2) is 10.8. The van der Waals surface area contributed by atoms with Crippen LogP contribution in [0.3, 0.4) is 0 Å². The van der Waals surface area contributed by atoms with E-state index in [9.17, 15) is 14.4 Å². The number of amides is 2. The molecule has 0 aromatic heterocycles. The quantitative estimate of drug-likeness (QED) is 0.615. The highest BCUT2D eigenvalue weighted by Gasteiger charge is 2.26. The van der Waals surface area contributed by atoms with Gasteiger partial charge in [0.15, 0.2) is 6.61 Å². The summed E-state index contributed by atoms with van der Waals surface area (Å²) in [5.74, 6) is -1.77. The zero-order chi connectivity index (χ0) is 21.4. The molecular formula is C21H22Cl2N2O4. The Kier molecular flexibility index (Phi) is 8.49. The second-order valence-electron chi connectivity index (χ2n) is 6.73. The van der Waals surface area contributed by atoms with E-state index in [1.54, 1.807) is 26.0 Å². The highest BCUT2D eigenvalue weighted by molar-refractivity contribution is 6.35. The topological polar surface area (TPSA) is 84.5 Å². The van der Waals surface area contributed by atoms with Gasteiger partial charge in [0.25, 0.3) is 5.91 Å². The third-order valence-electron chi connectivity index (χ3n) is 3.99. The predicted octanol–water partition coefficient (Wildman–Crippen LogP) is 3.86. The highest BCUT2D eigenvalue weighted by atomic mass is 35.5. The Morgan fingerprint density at radius 3 is 2.34 bits per heavy atom. The van der Waals surface area contributed by atoms with Gasteiger partial charge in [-0.3, -0.25) is 9.59 Å². The summed E-state index contributed by atoms with van der Waals surface area (Å²) in [6.07, 6.45) is 0.144. The van der Waals surface area contributed by atoms with Crippen LogP contribution in [-0.2, 0) is 25.5 Å². The van der Waals surface area contributed by atoms with Gasteiger partial charge < -0.3 is 15.4 Å². The summed E-state index contributed by atoms with van der Waals surface area (Å²) in [5.41, 5.74) is 1.15. The van der Waals surface area contributed by atoms with E-state index in [0.717, 1.165) is 5.56 Å². The minimum Gasteiger partial charge on any atom is -0.454 e. The lowest BCUT2D eigenvalue weighted by atomic mass is 10.0. The van der Waals surface area contributed by atoms with E-state index in [-0.39, 0.29) is 18.2 Å². The number of carbonyl (C=O) groups is 3. The van der Waals surface area contributed by atoms with Gasteiger partial charge in [0, 0.05) is 5.02 Å². The molecule has 0 unspecified atom stereocenters. The smallest absolute Gasteiger partial charge is 0.329 e. The number of hydrogen-bond donors (Lipinski definition) is 2. The fourth-order valence-electron chi connectivity index (χ4n) is 2.51. The molecule has 2 aromatic rings. The molecule has 0 saturated heterocycles. The minimum atomic E-state index is -0.867. The van der Waals surface area contributed by atoms with Gasteiger partial charge in [-0.2, -0.15) is 0 Å². The van der Waals surface area contributed by atoms with E-state index >= 15 is 0 Å². The number of rotatable bonds is 8. The molecule has 1 atom stereocenters. The lowest BCUT2D eigenvalue weighted by Crippen LogP contribution is -2.46. The lowest BCUT2D eigenvalue weighted by Gasteiger charge is -2.21. The molecule has 0 radical (unpaired) electrons. The number of halogens is 2. The molecule has 6 nitrogen and oxygen atoms in total. The SMILES string of the molecule is CC(C)[C@H](NC(=O)Cc1ccccc1)C(=O)OCC(=O)Nc1cc(Cl)ccc1Cl. The van der Waals surface area contributed by atoms with Gasteiger partial charge in [-0.05, 0) is 29.7 Å². The van der Waals surface area contributed by atoms with Crippen LogP contribution in [-0.4, -0.2) is 30.4 Å². The first-order chi connectivity index (χ1) is 13.8. The van der Waals surface area contributed by atoms with Crippen molar-refractivity contribution in [3.63, 3.8) is 0 Å². The first kappa shape index (κ1) is 22.7. The van der Waals surface area contributed by atoms with Crippen molar-refractivity contribution >= 4 is 46.7 Å². The molecule has 8 heteroatoms. The maximum absolute atomic E-state index is 12.4. The molecule has 0 fully saturated rings. The summed E-state index contributed by atoms with van der Waals surface area (Å²) >= 11 is 11.9. The number of benzene rings is 2. The van der Waals surface area contributed by atoms with Gasteiger partial charge in [0.2, 0.25) is 5.91 Å². The Morgan fingerprint density at radius 1 is 1.00 bits per heavy atom. The van der Waals surface area contributed by atoms with Crippen molar-refractivity contribution in [1.29, 1.82) is 0 Å². The molecule has 29 heavy (non-hydrogen) atoms. The molecule has 2 aromatic carbocycles. The zero-order valence-electron chi connectivity index (χ0n) is 16.1. The molecule has 0 aliphatic heterocycles. The average Bonchev–Trinajstić information content (AvgIpc) is 2.67. The molecule has 0 aliphatic carbocycles. The van der Waals surface area contributed by atoms with Crippen LogP contribution in [0.2, 0.25) is 10.0 Å². The summed E-state index contributed by atoms with van der Waals surface area (Å²) in [4.78, 5) is 36.7. The summed E-state index contributed by atoms with van der Waals surface area (Å²) in [6.45, 7) is 3.04. The Labute approximate surface area is 179 Å². The van der Waals surface area contributed by atoms with Crippen molar-refractivity contribution in [3.05, 3.63) is 64.1 Å². The zero-order valence-corrected chi connectivity index (χ0v) is 17.6. The van der Waals surface area contributed by atoms with E-state index in [2.05, 4.69) is 10.6 Å². The Bertz CT molecular complexity index is 872. The summed E-state index contributed by atoms with van der Waals surface area (Å²) < 4.78 is 5.08. The van der Waals surface area contributed by atoms with Gasteiger partial charge in [-0.1, -0.05) is 67.4 Å². The molecule has 2 amide bonds. The van der Waals surface area contributed by atoms with Crippen LogP contribution in [0.5, 0.6) is 0 Å². The van der Waals surface area contributed by atoms with E-state index < -0.39 is 24.5 Å². The minimum absolute atomic E-state index is 0.144. The van der Waals surface area contributed by atoms with Crippen molar-refractivity contribution in [1.82, 2.24) is 5.32 Å². The average molecular weight is 437 g/mol. The normalized spacial score (nSPS) is 11.6. The monoisotopic (exact) mass is 436 g/mol. The lowest BCUT2D eigenvalue weighted by molar-refractivity contribution is -0.151. The van der Waals surface area contributed by atoms with Crippen LogP contribution in [0.1, 0.15) is 19.4 Å². The third kappa shape index (κ3) is 7.40. The van der Waals surface area contributed by atoms with E-state index in [0.29, 0.717) is 15.7 Å². The van der Waals surface area contributed by atoms with Gasteiger partial charge in [-0.25, -0.2) is 4.79 Å². The molecule has 2 rings (SSSR count). The van der Waals surface area contributed by atoms with Crippen LogP contribution in [0.4, 0.5) is 5.69 Å². The highest BCUT2D eigenvalue weighted by Crippen LogP contribution is 2.25. The number of anilines is 1. The van der Waals surface area contributed by atoms with Crippen LogP contribution >= 0.6 is 23.2 Å². The van der Waals surface area contributed by atoms with Crippen molar-refractivity contribution in [3.8, 4) is 0 Å². The molecule has 2 N–H and O–H groups in total. The third-order valence-corrected chi connectivity index (χ3v) is 4.56. The van der Waals surface area contributed by atoms with Crippen molar-refractivity contribution in [2.45, 2.75) is 26.3 Å². The molecule has 0 heterocycles. The fourth-order valence-corrected chi connectivity index (χ4v) is 2.85. The number of hydrogen-bond acceptors (Lipinski definition) is 4. The molecule has 0 bridgehead atoms. The van der Waals surface area contributed by atoms with Crippen LogP contribution in [0.25, 0.3) is 0 Å². The van der Waals surface area contributed by atoms with Crippen LogP contribution in [0.15, 0.2) is 48.5 Å². The number of nitrogens with one attached hydrogen (secondary N) is 2. The molecule has 154 valence electrons. The van der Waals surface area contributed by atoms with Gasteiger partial charge in [-0.15, -0.1) is 0 Å². The van der Waals surface area contributed by atoms with Gasteiger partial charge in [0.05, 0.1) is 17.1 Å². The van der Waals surface area contributed by atoms with Crippen molar-refractivity contribution < 1.29 is 19.1 Å². The maximum Gasteiger partial charge on any atom is 0.329 e. The van der Waals surface area contributed by atoms with Crippen LogP contribution in [0, 0.1) is 5.92 Å². The first-order valence-corrected chi connectivity index (χ1v) is 9.76. The van der Waals surface area contributed by atoms with Crippen molar-refractivity contribution in [2.24, 2.45) is 5.92 Å². The number of esters is 1. The van der Waals surface area contributed by atoms with E-state index in [1.807, 2.05) is 30.3 Å². The fraction of sp³-hybridized carbons (Fsp3) is 0.286. The number of carbonyl (C=O) groups excluding carboxylic acids is 3. The molecule has 0 aliphatic rings. The summed E-state index contributed by atoms with van der Waals surface area (Å²) in [6, 6.07) is 12.9. The summed E-state index contributed by atoms with van der Waals surface area (Å²) in [7, 11) is 0. The second-order valence-corrected chi connectivity index (χ2v) is 7.58. The predicted molar refractivity (Wildman–Crippen MR) is 113 cm³/mol. The summed E-state index contributed by atoms with van der Waals surface area (Å²) in [5, 5.41) is 5.91. The Balaban J connectivity index is 1.89. The van der Waals surface area contributed by atoms with E-state index in [4.69, 9.17) is 27.9 Å². The molecular weight excluding hydrogens is 415 g/mol. The van der Waals surface area contributed by atoms with Crippen molar-refractivity contribution in [2.75, 3.05) is 11.9 Å². The largest absolute Gasteiger partial charge is 0.454 e. The Hall–Kier alpha value is -2.57. The van der Waals surface area contributed by atoms with Crippen LogP contribution < -0.4 is 10.6 Å². The maximum atomic E-state index is 12.4. The molecule has 0 spiro atoms. The van der Waals surface area contributed by atoms with E-state index in [1.165, 1.54) is 6.07 Å². The van der Waals surface area contributed by atoms with Gasteiger partial charge in [0.1, 0.15) is 6.04 Å². The van der Waals surface area contributed by atoms with Gasteiger partial charge >= 0.3 is 5.97 Å². The Morgan fingerprint density at radius 2 is 1.69 bits per heavy atom. The first-order valence-electron chi connectivity index (χ1n) is 9.01. The standard InChI is InChI=1S/C21H22Cl2N2O4/c1-13(2)20(25-18(26)10-14-6-4-3-5-7-14)21(28)29-12-19(27)24-17-11-15(22)8-9-16(17)23/h3-9,11,13,20H,10,12H2,1-2H3,(H,24,27)(H,25,26)/t20-/m0/s1. The molecule has 0 saturated carbocycles. The number of ether oxygens (including phenoxy) is 1.